The third kappa shape index (κ3) is 4.39. The lowest BCUT2D eigenvalue weighted by Crippen LogP contribution is -2.17. The highest BCUT2D eigenvalue weighted by molar-refractivity contribution is 6.31. The molecule has 0 heterocycles. The Morgan fingerprint density at radius 1 is 1.28 bits per heavy atom. The van der Waals surface area contributed by atoms with Crippen LogP contribution in [0.1, 0.15) is 17.3 Å². The number of amides is 1. The van der Waals surface area contributed by atoms with Crippen LogP contribution in [0.3, 0.4) is 0 Å². The molecule has 25 heavy (non-hydrogen) atoms. The number of carbonyl (C=O) groups excluding carboxylic acids is 1. The van der Waals surface area contributed by atoms with Gasteiger partial charge in [-0.15, -0.1) is 0 Å². The summed E-state index contributed by atoms with van der Waals surface area (Å²) in [4.78, 5) is 24.9. The largest absolute Gasteiger partial charge is 0.487 e. The van der Waals surface area contributed by atoms with Crippen LogP contribution in [0.5, 0.6) is 5.75 Å². The minimum Gasteiger partial charge on any atom is -0.487 e. The number of nitro groups is 1. The quantitative estimate of drug-likeness (QED) is 0.620. The number of hydrogen-bond donors (Lipinski definition) is 1. The molecular formula is C17H18ClN3O4. The topological polar surface area (TPSA) is 84.7 Å². The normalized spacial score (nSPS) is 10.2. The number of nitrogens with zero attached hydrogens (tertiary/aromatic N) is 2. The predicted octanol–water partition coefficient (Wildman–Crippen LogP) is 3.97. The molecule has 2 rings (SSSR count). The van der Waals surface area contributed by atoms with Gasteiger partial charge in [-0.3, -0.25) is 14.9 Å². The van der Waals surface area contributed by atoms with E-state index in [9.17, 15) is 14.9 Å². The van der Waals surface area contributed by atoms with Gasteiger partial charge in [0, 0.05) is 30.7 Å². The van der Waals surface area contributed by atoms with Crippen molar-refractivity contribution in [1.29, 1.82) is 0 Å². The number of benzene rings is 2. The van der Waals surface area contributed by atoms with Gasteiger partial charge in [-0.05, 0) is 37.3 Å². The van der Waals surface area contributed by atoms with Crippen molar-refractivity contribution in [3.05, 3.63) is 57.1 Å². The van der Waals surface area contributed by atoms with Crippen LogP contribution in [0.25, 0.3) is 0 Å². The second-order valence-corrected chi connectivity index (χ2v) is 5.82. The lowest BCUT2D eigenvalue weighted by molar-refractivity contribution is -0.385. The van der Waals surface area contributed by atoms with Crippen molar-refractivity contribution >= 4 is 34.6 Å². The number of halogens is 1. The zero-order valence-corrected chi connectivity index (χ0v) is 14.8. The summed E-state index contributed by atoms with van der Waals surface area (Å²) in [7, 11) is 3.67. The minimum atomic E-state index is -0.577. The maximum Gasteiger partial charge on any atom is 0.311 e. The van der Waals surface area contributed by atoms with Gasteiger partial charge in [0.25, 0.3) is 5.91 Å². The van der Waals surface area contributed by atoms with Crippen molar-refractivity contribution in [3.63, 3.8) is 0 Å². The molecule has 1 N–H and O–H groups in total. The second-order valence-electron chi connectivity index (χ2n) is 5.38. The number of anilines is 2. The van der Waals surface area contributed by atoms with E-state index < -0.39 is 10.8 Å². The van der Waals surface area contributed by atoms with Gasteiger partial charge >= 0.3 is 5.69 Å². The lowest BCUT2D eigenvalue weighted by Gasteiger charge is -2.18. The van der Waals surface area contributed by atoms with Crippen LogP contribution >= 0.6 is 11.6 Å². The smallest absolute Gasteiger partial charge is 0.311 e. The molecular weight excluding hydrogens is 346 g/mol. The fourth-order valence-corrected chi connectivity index (χ4v) is 2.44. The highest BCUT2D eigenvalue weighted by Gasteiger charge is 2.19. The van der Waals surface area contributed by atoms with Gasteiger partial charge in [-0.2, -0.15) is 0 Å². The van der Waals surface area contributed by atoms with E-state index in [4.69, 9.17) is 16.3 Å². The summed E-state index contributed by atoms with van der Waals surface area (Å²) in [6, 6.07) is 9.21. The van der Waals surface area contributed by atoms with Gasteiger partial charge in [-0.1, -0.05) is 11.6 Å². The molecule has 0 saturated heterocycles. The molecule has 0 radical (unpaired) electrons. The van der Waals surface area contributed by atoms with E-state index >= 15 is 0 Å². The van der Waals surface area contributed by atoms with E-state index in [1.807, 2.05) is 19.0 Å². The van der Waals surface area contributed by atoms with Crippen molar-refractivity contribution in [2.45, 2.75) is 6.92 Å². The average molecular weight is 364 g/mol. The van der Waals surface area contributed by atoms with Crippen LogP contribution in [0.4, 0.5) is 17.1 Å². The highest BCUT2D eigenvalue weighted by Crippen LogP contribution is 2.30. The molecule has 0 bridgehead atoms. The molecule has 0 saturated carbocycles. The Bertz CT molecular complexity index is 808. The summed E-state index contributed by atoms with van der Waals surface area (Å²) in [5.41, 5.74) is 1.17. The van der Waals surface area contributed by atoms with Crippen LogP contribution in [-0.2, 0) is 0 Å². The Labute approximate surface area is 150 Å². The molecule has 0 aliphatic heterocycles. The molecule has 1 amide bonds. The van der Waals surface area contributed by atoms with Crippen molar-refractivity contribution < 1.29 is 14.5 Å². The second kappa shape index (κ2) is 7.85. The number of ether oxygens (including phenoxy) is 1. The zero-order valence-electron chi connectivity index (χ0n) is 14.1. The van der Waals surface area contributed by atoms with Crippen molar-refractivity contribution in [1.82, 2.24) is 0 Å². The standard InChI is InChI=1S/C17H18ClN3O4/c1-4-25-16-8-5-11(9-15(16)21(23)24)17(22)19-13-10-12(18)6-7-14(13)20(2)3/h5-10H,4H2,1-3H3,(H,19,22). The monoisotopic (exact) mass is 363 g/mol. The molecule has 2 aromatic carbocycles. The fourth-order valence-electron chi connectivity index (χ4n) is 2.27. The first-order valence-corrected chi connectivity index (χ1v) is 7.90. The van der Waals surface area contributed by atoms with Gasteiger partial charge in [0.05, 0.1) is 22.9 Å². The molecule has 132 valence electrons. The van der Waals surface area contributed by atoms with E-state index in [1.165, 1.54) is 18.2 Å². The third-order valence-corrected chi connectivity index (χ3v) is 3.64. The number of carbonyl (C=O) groups is 1. The molecule has 8 heteroatoms. The molecule has 0 unspecified atom stereocenters. The van der Waals surface area contributed by atoms with Gasteiger partial charge < -0.3 is 15.0 Å². The Kier molecular flexibility index (Phi) is 5.82. The maximum absolute atomic E-state index is 12.5. The predicted molar refractivity (Wildman–Crippen MR) is 98.0 cm³/mol. The SMILES string of the molecule is CCOc1ccc(C(=O)Nc2cc(Cl)ccc2N(C)C)cc1[N+](=O)[O-]. The molecule has 0 aliphatic rings. The average Bonchev–Trinajstić information content (AvgIpc) is 2.55. The Hall–Kier alpha value is -2.80. The molecule has 0 aliphatic carbocycles. The van der Waals surface area contributed by atoms with Crippen LogP contribution < -0.4 is 15.0 Å². The van der Waals surface area contributed by atoms with Gasteiger partial charge in [0.1, 0.15) is 0 Å². The first-order valence-electron chi connectivity index (χ1n) is 7.53. The number of nitro benzene ring substituents is 1. The molecule has 0 spiro atoms. The van der Waals surface area contributed by atoms with Crippen molar-refractivity contribution in [2.24, 2.45) is 0 Å². The summed E-state index contributed by atoms with van der Waals surface area (Å²) in [6.45, 7) is 2.02. The molecule has 0 aromatic heterocycles. The summed E-state index contributed by atoms with van der Waals surface area (Å²) < 4.78 is 5.22. The summed E-state index contributed by atoms with van der Waals surface area (Å²) >= 11 is 6.00. The van der Waals surface area contributed by atoms with Crippen molar-refractivity contribution in [2.75, 3.05) is 30.9 Å². The van der Waals surface area contributed by atoms with Gasteiger partial charge in [-0.25, -0.2) is 0 Å². The van der Waals surface area contributed by atoms with Gasteiger partial charge in [0.2, 0.25) is 0 Å². The first-order chi connectivity index (χ1) is 11.8. The Balaban J connectivity index is 2.34. The highest BCUT2D eigenvalue weighted by atomic mass is 35.5. The van der Waals surface area contributed by atoms with Gasteiger partial charge in [0.15, 0.2) is 5.75 Å². The molecule has 7 nitrogen and oxygen atoms in total. The van der Waals surface area contributed by atoms with Crippen LogP contribution in [0.15, 0.2) is 36.4 Å². The lowest BCUT2D eigenvalue weighted by atomic mass is 10.1. The van der Waals surface area contributed by atoms with Crippen molar-refractivity contribution in [3.8, 4) is 5.75 Å². The molecule has 0 fully saturated rings. The van der Waals surface area contributed by atoms with E-state index in [2.05, 4.69) is 5.32 Å². The summed E-state index contributed by atoms with van der Waals surface area (Å²) in [6.07, 6.45) is 0. The fraction of sp³-hybridized carbons (Fsp3) is 0.235. The number of rotatable bonds is 6. The number of nitrogens with one attached hydrogen (secondary N) is 1. The number of hydrogen-bond acceptors (Lipinski definition) is 5. The van der Waals surface area contributed by atoms with E-state index in [0.29, 0.717) is 17.3 Å². The first kappa shape index (κ1) is 18.5. The van der Waals surface area contributed by atoms with Crippen LogP contribution in [-0.4, -0.2) is 31.5 Å². The van der Waals surface area contributed by atoms with E-state index in [-0.39, 0.29) is 17.0 Å². The Morgan fingerprint density at radius 3 is 2.60 bits per heavy atom. The van der Waals surface area contributed by atoms with Crippen LogP contribution in [0.2, 0.25) is 5.02 Å². The van der Waals surface area contributed by atoms with E-state index in [0.717, 1.165) is 5.69 Å². The molecule has 0 atom stereocenters. The summed E-state index contributed by atoms with van der Waals surface area (Å²) in [5, 5.41) is 14.4. The molecule has 2 aromatic rings. The van der Waals surface area contributed by atoms with E-state index in [1.54, 1.807) is 25.1 Å². The Morgan fingerprint density at radius 2 is 2.00 bits per heavy atom. The van der Waals surface area contributed by atoms with Crippen LogP contribution in [0, 0.1) is 10.1 Å². The third-order valence-electron chi connectivity index (χ3n) is 3.41. The summed E-state index contributed by atoms with van der Waals surface area (Å²) in [5.74, 6) is -0.350. The zero-order chi connectivity index (χ0) is 18.6. The maximum atomic E-state index is 12.5. The minimum absolute atomic E-state index is 0.126.